The van der Waals surface area contributed by atoms with E-state index in [9.17, 15) is 14.4 Å². The van der Waals surface area contributed by atoms with Crippen LogP contribution in [0.3, 0.4) is 0 Å². The predicted molar refractivity (Wildman–Crippen MR) is 115 cm³/mol. The fraction of sp³-hybridized carbons (Fsp3) is 0.381. The van der Waals surface area contributed by atoms with E-state index in [4.69, 9.17) is 4.74 Å². The third-order valence-corrected chi connectivity index (χ3v) is 5.72. The minimum absolute atomic E-state index is 0.109. The molecule has 7 nitrogen and oxygen atoms in total. The molecule has 2 heterocycles. The van der Waals surface area contributed by atoms with Gasteiger partial charge >= 0.3 is 0 Å². The van der Waals surface area contributed by atoms with Crippen molar-refractivity contribution in [3.8, 4) is 0 Å². The first-order valence-electron chi connectivity index (χ1n) is 9.61. The second-order valence-electron chi connectivity index (χ2n) is 6.65. The molecule has 1 aliphatic rings. The molecule has 29 heavy (non-hydrogen) atoms. The Labute approximate surface area is 174 Å². The Balaban J connectivity index is 1.99. The van der Waals surface area contributed by atoms with Gasteiger partial charge in [-0.15, -0.1) is 0 Å². The number of rotatable bonds is 8. The zero-order valence-corrected chi connectivity index (χ0v) is 17.7. The van der Waals surface area contributed by atoms with Crippen molar-refractivity contribution in [1.82, 2.24) is 14.8 Å². The molecule has 0 radical (unpaired) electrons. The number of para-hydroxylation sites is 1. The average molecular weight is 416 g/mol. The van der Waals surface area contributed by atoms with Gasteiger partial charge in [-0.3, -0.25) is 19.3 Å². The molecule has 0 spiro atoms. The molecule has 0 aliphatic carbocycles. The summed E-state index contributed by atoms with van der Waals surface area (Å²) in [6.07, 6.45) is 4.44. The highest BCUT2D eigenvalue weighted by molar-refractivity contribution is 8.18. The second kappa shape index (κ2) is 9.28. The van der Waals surface area contributed by atoms with Crippen LogP contribution < -0.4 is 5.32 Å². The lowest BCUT2D eigenvalue weighted by Crippen LogP contribution is -2.30. The van der Waals surface area contributed by atoms with E-state index in [1.165, 1.54) is 4.90 Å². The molecule has 1 saturated heterocycles. The molecule has 1 N–H and O–H groups in total. The molecule has 1 fully saturated rings. The first-order valence-corrected chi connectivity index (χ1v) is 10.4. The number of nitrogens with zero attached hydrogens (tertiary/aromatic N) is 2. The molecule has 1 aromatic heterocycles. The van der Waals surface area contributed by atoms with E-state index in [2.05, 4.69) is 12.2 Å². The molecule has 0 atom stereocenters. The summed E-state index contributed by atoms with van der Waals surface area (Å²) in [6.45, 7) is 5.27. The van der Waals surface area contributed by atoms with Crippen LogP contribution in [-0.2, 0) is 27.3 Å². The topological polar surface area (TPSA) is 80.6 Å². The molecule has 2 aromatic rings. The standard InChI is InChI=1S/C21H25N3O4S/c1-4-14-7-6-8-16-15(11-17-20(26)24(5-2)21(27)29-17)12-23(19(14)16)13-18(25)22-9-10-28-3/h6-8,11-12H,4-5,9-10,13H2,1-3H3,(H,22,25)/b17-11-. The van der Waals surface area contributed by atoms with Crippen molar-refractivity contribution in [2.24, 2.45) is 0 Å². The predicted octanol–water partition coefficient (Wildman–Crippen LogP) is 3.02. The van der Waals surface area contributed by atoms with Gasteiger partial charge in [-0.2, -0.15) is 0 Å². The van der Waals surface area contributed by atoms with Crippen LogP contribution >= 0.6 is 11.8 Å². The van der Waals surface area contributed by atoms with Gasteiger partial charge in [0.1, 0.15) is 6.54 Å². The monoisotopic (exact) mass is 415 g/mol. The van der Waals surface area contributed by atoms with Crippen molar-refractivity contribution in [2.75, 3.05) is 26.8 Å². The van der Waals surface area contributed by atoms with Crippen molar-refractivity contribution >= 4 is 45.8 Å². The second-order valence-corrected chi connectivity index (χ2v) is 7.64. The van der Waals surface area contributed by atoms with Gasteiger partial charge in [0.2, 0.25) is 5.91 Å². The third kappa shape index (κ3) is 4.38. The van der Waals surface area contributed by atoms with Gasteiger partial charge in [0, 0.05) is 37.3 Å². The SMILES string of the molecule is CCc1cccc2c(/C=C3\SC(=O)N(CC)C3=O)cn(CC(=O)NCCOC)c12. The van der Waals surface area contributed by atoms with Crippen molar-refractivity contribution in [3.05, 3.63) is 40.4 Å². The van der Waals surface area contributed by atoms with Crippen LogP contribution in [0.1, 0.15) is 25.0 Å². The maximum atomic E-state index is 12.5. The Bertz CT molecular complexity index is 980. The number of likely N-dealkylation sites (N-methyl/N-ethyl adjacent to an activating group) is 1. The molecule has 0 unspecified atom stereocenters. The lowest BCUT2D eigenvalue weighted by molar-refractivity contribution is -0.123. The Morgan fingerprint density at radius 3 is 2.72 bits per heavy atom. The minimum atomic E-state index is -0.271. The fourth-order valence-electron chi connectivity index (χ4n) is 3.41. The number of carbonyl (C=O) groups is 3. The minimum Gasteiger partial charge on any atom is -0.383 e. The van der Waals surface area contributed by atoms with Gasteiger partial charge in [-0.25, -0.2) is 0 Å². The molecule has 3 rings (SSSR count). The summed E-state index contributed by atoms with van der Waals surface area (Å²) in [6, 6.07) is 5.99. The number of benzene rings is 1. The van der Waals surface area contributed by atoms with Crippen LogP contribution in [0.2, 0.25) is 0 Å². The number of thioether (sulfide) groups is 1. The molecule has 8 heteroatoms. The third-order valence-electron chi connectivity index (χ3n) is 4.81. The van der Waals surface area contributed by atoms with Gasteiger partial charge in [-0.1, -0.05) is 25.1 Å². The Kier molecular flexibility index (Phi) is 6.76. The average Bonchev–Trinajstić information content (AvgIpc) is 3.18. The molecular formula is C21H25N3O4S. The van der Waals surface area contributed by atoms with Crippen molar-refractivity contribution in [3.63, 3.8) is 0 Å². The maximum Gasteiger partial charge on any atom is 0.293 e. The summed E-state index contributed by atoms with van der Waals surface area (Å²) in [4.78, 5) is 38.5. The van der Waals surface area contributed by atoms with E-state index < -0.39 is 0 Å². The molecule has 3 amide bonds. The van der Waals surface area contributed by atoms with Gasteiger partial charge in [-0.05, 0) is 36.7 Å². The van der Waals surface area contributed by atoms with E-state index in [-0.39, 0.29) is 23.6 Å². The van der Waals surface area contributed by atoms with Crippen LogP contribution in [0.25, 0.3) is 17.0 Å². The number of aryl methyl sites for hydroxylation is 1. The van der Waals surface area contributed by atoms with Crippen LogP contribution in [0.4, 0.5) is 4.79 Å². The molecule has 0 bridgehead atoms. The van der Waals surface area contributed by atoms with Crippen molar-refractivity contribution < 1.29 is 19.1 Å². The summed E-state index contributed by atoms with van der Waals surface area (Å²) in [5.74, 6) is -0.380. The normalized spacial score (nSPS) is 15.7. The number of nitrogens with one attached hydrogen (secondary N) is 1. The number of ether oxygens (including phenoxy) is 1. The lowest BCUT2D eigenvalue weighted by Gasteiger charge is -2.09. The zero-order chi connectivity index (χ0) is 21.0. The molecule has 1 aromatic carbocycles. The summed E-state index contributed by atoms with van der Waals surface area (Å²) >= 11 is 0.953. The van der Waals surface area contributed by atoms with Gasteiger partial charge < -0.3 is 14.6 Å². The highest BCUT2D eigenvalue weighted by Crippen LogP contribution is 2.34. The van der Waals surface area contributed by atoms with Crippen molar-refractivity contribution in [2.45, 2.75) is 26.8 Å². The number of fused-ring (bicyclic) bond motifs is 1. The molecular weight excluding hydrogens is 390 g/mol. The number of hydrogen-bond donors (Lipinski definition) is 1. The molecule has 154 valence electrons. The maximum absolute atomic E-state index is 12.5. The van der Waals surface area contributed by atoms with E-state index in [0.717, 1.165) is 40.2 Å². The Morgan fingerprint density at radius 1 is 1.28 bits per heavy atom. The summed E-state index contributed by atoms with van der Waals surface area (Å²) in [5, 5.41) is 3.54. The molecule has 1 aliphatic heterocycles. The Morgan fingerprint density at radius 2 is 2.07 bits per heavy atom. The van der Waals surface area contributed by atoms with E-state index in [0.29, 0.717) is 24.6 Å². The van der Waals surface area contributed by atoms with Crippen LogP contribution in [0.5, 0.6) is 0 Å². The number of aromatic nitrogens is 1. The Hall–Kier alpha value is -2.58. The molecule has 0 saturated carbocycles. The van der Waals surface area contributed by atoms with E-state index in [1.54, 1.807) is 20.1 Å². The van der Waals surface area contributed by atoms with Crippen LogP contribution in [0, 0.1) is 0 Å². The summed E-state index contributed by atoms with van der Waals surface area (Å²) < 4.78 is 6.88. The highest BCUT2D eigenvalue weighted by atomic mass is 32.2. The zero-order valence-electron chi connectivity index (χ0n) is 16.9. The summed E-state index contributed by atoms with van der Waals surface area (Å²) in [5.41, 5.74) is 2.91. The summed E-state index contributed by atoms with van der Waals surface area (Å²) in [7, 11) is 1.59. The fourth-order valence-corrected chi connectivity index (χ4v) is 4.30. The van der Waals surface area contributed by atoms with Crippen molar-refractivity contribution in [1.29, 1.82) is 0 Å². The van der Waals surface area contributed by atoms with Gasteiger partial charge in [0.25, 0.3) is 11.1 Å². The number of hydrogen-bond acceptors (Lipinski definition) is 5. The lowest BCUT2D eigenvalue weighted by atomic mass is 10.1. The van der Waals surface area contributed by atoms with Crippen LogP contribution in [0.15, 0.2) is 29.3 Å². The smallest absolute Gasteiger partial charge is 0.293 e. The van der Waals surface area contributed by atoms with Crippen LogP contribution in [-0.4, -0.2) is 53.3 Å². The largest absolute Gasteiger partial charge is 0.383 e. The number of methoxy groups -OCH3 is 1. The quantitative estimate of drug-likeness (QED) is 0.530. The van der Waals surface area contributed by atoms with Gasteiger partial charge in [0.15, 0.2) is 0 Å². The van der Waals surface area contributed by atoms with Gasteiger partial charge in [0.05, 0.1) is 17.0 Å². The highest BCUT2D eigenvalue weighted by Gasteiger charge is 2.33. The number of carbonyl (C=O) groups excluding carboxylic acids is 3. The first kappa shape index (κ1) is 21.1. The number of amides is 3. The number of imide groups is 1. The first-order chi connectivity index (χ1) is 14.0. The van der Waals surface area contributed by atoms with E-state index in [1.807, 2.05) is 29.0 Å². The van der Waals surface area contributed by atoms with E-state index >= 15 is 0 Å².